The van der Waals surface area contributed by atoms with Gasteiger partial charge in [-0.25, -0.2) is 4.79 Å². The van der Waals surface area contributed by atoms with Crippen molar-refractivity contribution in [1.29, 1.82) is 0 Å². The molecule has 0 amide bonds. The monoisotopic (exact) mass is 2010 g/mol. The van der Waals surface area contributed by atoms with Gasteiger partial charge in [0.25, 0.3) is 50.6 Å². The number of benzene rings is 20. The van der Waals surface area contributed by atoms with Gasteiger partial charge in [0, 0.05) is 71.4 Å². The third kappa shape index (κ3) is 20.9. The summed E-state index contributed by atoms with van der Waals surface area (Å²) >= 11 is 0. The average Bonchev–Trinajstić information content (AvgIpc) is 0.775. The molecule has 0 atom stereocenters. The summed E-state index contributed by atoms with van der Waals surface area (Å²) in [6.07, 6.45) is 0. The maximum absolute atomic E-state index is 11.8. The standard InChI is InChI=1S/C21H14N2O6S.C20H14N2O6S.3C20H14N2O5S/c24-20-15(21(25)26)11-13-5-1-2-8-14(13)19(20)23-22-16-9-3-6-12-7-4-10-17(18(12)16)30(27,28)29;23-14-8-3-6-12-15(24)10-16(25)20(19(12)14)22-21-13-7-1-4-11-5-2-9-17(18(11)13)29(26,27)28;23-14-8-9-15-13(11-14)7-10-17(24)20(15)22-21-16-5-1-3-12-4-2-6-18(19(12)16)28(25,26)27;23-14-9-7-12-8-10-17(24)20(15(12)11-14)22-21-16-5-1-3-13-4-2-6-18(19(13)16)28(25,26)27;23-16-11-17(24)20(14-8-2-1-7-13(14)16)22-21-15-9-3-5-12-6-4-10-18(19(12)15)28(25,26)27/h1-11,24H,(H,25,26)(H,27,28,29);1-10,23-25H,(H,26,27,28);3*1-11,23-24H,(H,25,26,27). The van der Waals surface area contributed by atoms with Crippen LogP contribution in [-0.4, -0.2) is 127 Å². The second kappa shape index (κ2) is 39.9. The van der Waals surface area contributed by atoms with Crippen molar-refractivity contribution < 1.29 is 126 Å². The van der Waals surface area contributed by atoms with E-state index in [1.54, 1.807) is 182 Å². The van der Waals surface area contributed by atoms with Crippen molar-refractivity contribution in [3.05, 3.63) is 333 Å². The number of azo groups is 5. The third-order valence-corrected chi connectivity index (χ3v) is 26.6. The fraction of sp³-hybridized carbons (Fsp3) is 0. The molecule has 0 heterocycles. The van der Waals surface area contributed by atoms with Gasteiger partial charge in [-0.2, -0.15) is 42.1 Å². The molecule has 37 nitrogen and oxygen atoms in total. The lowest BCUT2D eigenvalue weighted by Crippen LogP contribution is -1.99. The van der Waals surface area contributed by atoms with Gasteiger partial charge in [-0.15, -0.1) is 51.1 Å². The van der Waals surface area contributed by atoms with E-state index in [9.17, 15) is 126 Å². The molecule has 42 heteroatoms. The first-order valence-corrected chi connectivity index (χ1v) is 48.8. The highest BCUT2D eigenvalue weighted by molar-refractivity contribution is 7.87. The summed E-state index contributed by atoms with van der Waals surface area (Å²) in [4.78, 5) is 10.0. The summed E-state index contributed by atoms with van der Waals surface area (Å²) in [6, 6.07) is 83.7. The quantitative estimate of drug-likeness (QED) is 0.0315. The molecule has 143 heavy (non-hydrogen) atoms. The molecule has 0 unspecified atom stereocenters. The zero-order valence-corrected chi connectivity index (χ0v) is 76.9. The van der Waals surface area contributed by atoms with Gasteiger partial charge in [-0.1, -0.05) is 200 Å². The van der Waals surface area contributed by atoms with E-state index >= 15 is 0 Å². The van der Waals surface area contributed by atoms with E-state index < -0.39 is 68.1 Å². The van der Waals surface area contributed by atoms with Crippen molar-refractivity contribution in [2.45, 2.75) is 24.5 Å². The number of aromatic hydroxyl groups is 10. The molecule has 0 aliphatic carbocycles. The predicted molar refractivity (Wildman–Crippen MR) is 533 cm³/mol. The molecule has 0 bridgehead atoms. The van der Waals surface area contributed by atoms with Gasteiger partial charge in [0.2, 0.25) is 0 Å². The number of rotatable bonds is 16. The van der Waals surface area contributed by atoms with E-state index in [1.807, 2.05) is 0 Å². The molecule has 0 fully saturated rings. The Morgan fingerprint density at radius 1 is 0.196 bits per heavy atom. The van der Waals surface area contributed by atoms with Crippen LogP contribution in [0.3, 0.4) is 0 Å². The number of nitrogens with zero attached hydrogens (tertiary/aromatic N) is 10. The fourth-order valence-corrected chi connectivity index (χ4v) is 19.4. The molecule has 0 aromatic heterocycles. The summed E-state index contributed by atoms with van der Waals surface area (Å²) in [5, 5.41) is 160. The summed E-state index contributed by atoms with van der Waals surface area (Å²) in [6.45, 7) is 0. The van der Waals surface area contributed by atoms with Crippen LogP contribution in [0.1, 0.15) is 10.4 Å². The van der Waals surface area contributed by atoms with Crippen LogP contribution in [0.25, 0.3) is 108 Å². The van der Waals surface area contributed by atoms with E-state index in [1.165, 1.54) is 140 Å². The Labute approximate surface area is 807 Å². The Kier molecular flexibility index (Phi) is 27.3. The van der Waals surface area contributed by atoms with Crippen LogP contribution < -0.4 is 0 Å². The minimum atomic E-state index is -4.52. The Morgan fingerprint density at radius 2 is 0.483 bits per heavy atom. The summed E-state index contributed by atoms with van der Waals surface area (Å²) in [7, 11) is -22.4. The lowest BCUT2D eigenvalue weighted by molar-refractivity contribution is 0.0693. The SMILES string of the molecule is O=C(O)c1cc2ccccc2c(N=Nc2cccc3cccc(S(=O)(=O)O)c23)c1O.O=S(=O)(O)c1cccc2cccc(N=Nc3c(O)cc(O)c4cccc(O)c34)c12.O=S(=O)(O)c1cccc2cccc(N=Nc3c(O)cc(O)c4ccccc34)c12.O=S(=O)(O)c1cccc2cccc(N=Nc3c(O)ccc4cc(O)ccc34)c12.O=S(=O)(O)c1cccc2cccc(N=Nc3c(O)ccc4ccc(O)cc34)c12. The summed E-state index contributed by atoms with van der Waals surface area (Å²) in [5.74, 6) is -3.30. The maximum atomic E-state index is 11.8. The molecule has 20 rings (SSSR count). The first kappa shape index (κ1) is 98.1. The van der Waals surface area contributed by atoms with Crippen molar-refractivity contribution in [2.75, 3.05) is 0 Å². The summed E-state index contributed by atoms with van der Waals surface area (Å²) in [5.41, 5.74) is 0.855. The highest BCUT2D eigenvalue weighted by Crippen LogP contribution is 2.50. The number of hydrogen-bond acceptors (Lipinski definition) is 31. The molecule has 0 aliphatic heterocycles. The van der Waals surface area contributed by atoms with E-state index in [2.05, 4.69) is 51.1 Å². The molecular weight excluding hydrogens is 1950 g/mol. The molecule has 0 aliphatic rings. The topological polar surface area (TPSA) is 635 Å². The Morgan fingerprint density at radius 3 is 0.888 bits per heavy atom. The number of aromatic carboxylic acids is 1. The van der Waals surface area contributed by atoms with Crippen LogP contribution in [0.5, 0.6) is 57.5 Å². The highest BCUT2D eigenvalue weighted by atomic mass is 32.2. The lowest BCUT2D eigenvalue weighted by atomic mass is 10.0. The Hall–Kier alpha value is -18.0. The van der Waals surface area contributed by atoms with Crippen LogP contribution in [-0.2, 0) is 50.6 Å². The molecular formula is C101H70N10O27S5. The largest absolute Gasteiger partial charge is 0.508 e. The van der Waals surface area contributed by atoms with Crippen LogP contribution in [0.2, 0.25) is 0 Å². The first-order valence-electron chi connectivity index (χ1n) is 41.6. The molecule has 716 valence electrons. The Balaban J connectivity index is 0.000000128. The number of carboxylic acid groups (broad SMARTS) is 1. The van der Waals surface area contributed by atoms with E-state index in [4.69, 9.17) is 0 Å². The molecule has 0 saturated heterocycles. The van der Waals surface area contributed by atoms with Crippen LogP contribution in [0.4, 0.5) is 56.9 Å². The predicted octanol–water partition coefficient (Wildman–Crippen LogP) is 25.0. The van der Waals surface area contributed by atoms with Crippen LogP contribution in [0, 0.1) is 0 Å². The van der Waals surface area contributed by atoms with Gasteiger partial charge in [-0.05, 0) is 158 Å². The number of hydrogen-bond donors (Lipinski definition) is 16. The van der Waals surface area contributed by atoms with Crippen LogP contribution in [0.15, 0.2) is 403 Å². The number of phenols is 10. The van der Waals surface area contributed by atoms with Crippen molar-refractivity contribution in [3.8, 4) is 57.5 Å². The van der Waals surface area contributed by atoms with E-state index in [0.717, 1.165) is 11.5 Å². The molecule has 0 saturated carbocycles. The zero-order chi connectivity index (χ0) is 102. The molecule has 0 spiro atoms. The van der Waals surface area contributed by atoms with E-state index in [-0.39, 0.29) is 171 Å². The van der Waals surface area contributed by atoms with Crippen molar-refractivity contribution >= 4 is 221 Å². The van der Waals surface area contributed by atoms with Gasteiger partial charge in [-0.3, -0.25) is 22.8 Å². The molecule has 20 aromatic carbocycles. The maximum Gasteiger partial charge on any atom is 0.339 e. The normalized spacial score (nSPS) is 12.1. The minimum absolute atomic E-state index is 0.00775. The molecule has 20 aromatic rings. The van der Waals surface area contributed by atoms with Gasteiger partial charge >= 0.3 is 5.97 Å². The average molecular weight is 2020 g/mol. The van der Waals surface area contributed by atoms with Crippen LogP contribution >= 0.6 is 0 Å². The highest BCUT2D eigenvalue weighted by Gasteiger charge is 2.26. The second-order valence-corrected chi connectivity index (χ2v) is 38.1. The van der Waals surface area contributed by atoms with Gasteiger partial charge < -0.3 is 56.2 Å². The number of carboxylic acids is 1. The number of fused-ring (bicyclic) bond motifs is 10. The fourth-order valence-electron chi connectivity index (χ4n) is 15.7. The molecule has 0 radical (unpaired) electrons. The third-order valence-electron chi connectivity index (χ3n) is 22.1. The lowest BCUT2D eigenvalue weighted by Gasteiger charge is -2.09. The van der Waals surface area contributed by atoms with Gasteiger partial charge in [0.05, 0.1) is 33.8 Å². The van der Waals surface area contributed by atoms with Crippen molar-refractivity contribution in [3.63, 3.8) is 0 Å². The number of carbonyl (C=O) groups is 1. The van der Waals surface area contributed by atoms with Crippen molar-refractivity contribution in [2.24, 2.45) is 51.1 Å². The zero-order valence-electron chi connectivity index (χ0n) is 72.8. The first-order chi connectivity index (χ1) is 68.1. The van der Waals surface area contributed by atoms with Gasteiger partial charge in [0.1, 0.15) is 110 Å². The minimum Gasteiger partial charge on any atom is -0.508 e. The smallest absolute Gasteiger partial charge is 0.339 e. The molecule has 16 N–H and O–H groups in total. The van der Waals surface area contributed by atoms with Crippen molar-refractivity contribution in [1.82, 2.24) is 0 Å². The second-order valence-electron chi connectivity index (χ2n) is 31.1. The van der Waals surface area contributed by atoms with E-state index in [0.29, 0.717) is 64.6 Å². The van der Waals surface area contributed by atoms with Gasteiger partial charge in [0.15, 0.2) is 5.75 Å². The Bertz CT molecular complexity index is 9320. The number of phenolic OH excluding ortho intramolecular Hbond substituents is 9. The summed E-state index contributed by atoms with van der Waals surface area (Å²) < 4.78 is 165.